The number of carbonyl (C=O) groups is 2. The Morgan fingerprint density at radius 2 is 1.58 bits per heavy atom. The van der Waals surface area contributed by atoms with Crippen LogP contribution in [-0.4, -0.2) is 33.7 Å². The molecule has 1 amide bonds. The molecule has 3 aromatic rings. The van der Waals surface area contributed by atoms with E-state index in [4.69, 9.17) is 14.8 Å². The molecule has 0 bridgehead atoms. The first-order valence-electron chi connectivity index (χ1n) is 10.4. The lowest BCUT2D eigenvalue weighted by Crippen LogP contribution is -2.28. The molecule has 1 aliphatic rings. The van der Waals surface area contributed by atoms with Gasteiger partial charge in [-0.05, 0) is 46.7 Å². The van der Waals surface area contributed by atoms with Gasteiger partial charge in [0.1, 0.15) is 5.75 Å². The highest BCUT2D eigenvalue weighted by Gasteiger charge is 2.33. The van der Waals surface area contributed by atoms with Crippen molar-refractivity contribution in [2.24, 2.45) is 4.99 Å². The molecule has 7 heteroatoms. The molecule has 0 aliphatic carbocycles. The number of carboxylic acid groups (broad SMARTS) is 1. The maximum atomic E-state index is 13.2. The first kappa shape index (κ1) is 22.4. The van der Waals surface area contributed by atoms with E-state index < -0.39 is 12.6 Å². The summed E-state index contributed by atoms with van der Waals surface area (Å²) >= 11 is 1.36. The van der Waals surface area contributed by atoms with Crippen molar-refractivity contribution in [1.82, 2.24) is 4.90 Å². The van der Waals surface area contributed by atoms with Crippen LogP contribution in [-0.2, 0) is 22.7 Å². The summed E-state index contributed by atoms with van der Waals surface area (Å²) in [4.78, 5) is 30.9. The fourth-order valence-corrected chi connectivity index (χ4v) is 4.21. The number of benzene rings is 3. The summed E-state index contributed by atoms with van der Waals surface area (Å²) in [6, 6.07) is 26.7. The third-order valence-electron chi connectivity index (χ3n) is 4.85. The molecule has 0 radical (unpaired) electrons. The Labute approximate surface area is 196 Å². The number of thioether (sulfide) groups is 1. The Bertz CT molecular complexity index is 1180. The number of hydrogen-bond acceptors (Lipinski definition) is 5. The highest BCUT2D eigenvalue weighted by atomic mass is 32.2. The predicted octanol–water partition coefficient (Wildman–Crippen LogP) is 4.82. The minimum absolute atomic E-state index is 0.0955. The molecule has 0 saturated carbocycles. The van der Waals surface area contributed by atoms with E-state index in [9.17, 15) is 9.59 Å². The third-order valence-corrected chi connectivity index (χ3v) is 5.90. The van der Waals surface area contributed by atoms with Crippen LogP contribution in [0.1, 0.15) is 16.7 Å². The van der Waals surface area contributed by atoms with Crippen molar-refractivity contribution < 1.29 is 19.4 Å². The summed E-state index contributed by atoms with van der Waals surface area (Å²) in [6.07, 6.45) is 1.82. The van der Waals surface area contributed by atoms with Gasteiger partial charge in [-0.3, -0.25) is 14.7 Å². The molecular weight excluding hydrogens is 436 g/mol. The molecule has 6 nitrogen and oxygen atoms in total. The average Bonchev–Trinajstić information content (AvgIpc) is 3.12. The van der Waals surface area contributed by atoms with Gasteiger partial charge in [-0.1, -0.05) is 72.8 Å². The Morgan fingerprint density at radius 3 is 2.21 bits per heavy atom. The lowest BCUT2D eigenvalue weighted by Gasteiger charge is -2.15. The number of ether oxygens (including phenoxy) is 1. The molecule has 1 fully saturated rings. The van der Waals surface area contributed by atoms with Gasteiger partial charge in [0.25, 0.3) is 5.91 Å². The fourth-order valence-electron chi connectivity index (χ4n) is 3.23. The van der Waals surface area contributed by atoms with Crippen molar-refractivity contribution in [1.29, 1.82) is 0 Å². The average molecular weight is 459 g/mol. The number of hydrogen-bond donors (Lipinski definition) is 1. The standard InChI is InChI=1S/C26H22N2O4S/c29-24(30)18-32-22-13-11-19(12-14-22)15-23-25(31)28(17-21-9-5-2-6-10-21)26(33-23)27-16-20-7-3-1-4-8-20/h1-15H,16-18H2,(H,29,30)/b23-15+,27-26?. The minimum Gasteiger partial charge on any atom is -0.482 e. The zero-order chi connectivity index (χ0) is 23.0. The fraction of sp³-hybridized carbons (Fsp3) is 0.115. The molecule has 0 aromatic heterocycles. The van der Waals surface area contributed by atoms with Crippen molar-refractivity contribution >= 4 is 34.9 Å². The second-order valence-corrected chi connectivity index (χ2v) is 8.33. The number of amidine groups is 1. The van der Waals surface area contributed by atoms with Crippen molar-refractivity contribution in [3.05, 3.63) is 107 Å². The molecule has 1 saturated heterocycles. The molecule has 1 aliphatic heterocycles. The van der Waals surface area contributed by atoms with E-state index in [0.717, 1.165) is 16.7 Å². The second kappa shape index (κ2) is 10.7. The van der Waals surface area contributed by atoms with Crippen molar-refractivity contribution in [3.63, 3.8) is 0 Å². The Hall–Kier alpha value is -3.84. The minimum atomic E-state index is -1.03. The van der Waals surface area contributed by atoms with E-state index in [1.807, 2.05) is 66.7 Å². The molecule has 3 aromatic carbocycles. The summed E-state index contributed by atoms with van der Waals surface area (Å²) in [6.45, 7) is 0.536. The quantitative estimate of drug-likeness (QED) is 0.490. The SMILES string of the molecule is O=C(O)COc1ccc(/C=C2/SC(=NCc3ccccc3)N(Cc3ccccc3)C2=O)cc1. The highest BCUT2D eigenvalue weighted by Crippen LogP contribution is 2.34. The Morgan fingerprint density at radius 1 is 0.939 bits per heavy atom. The second-order valence-electron chi connectivity index (χ2n) is 7.32. The summed E-state index contributed by atoms with van der Waals surface area (Å²) in [7, 11) is 0. The highest BCUT2D eigenvalue weighted by molar-refractivity contribution is 8.18. The van der Waals surface area contributed by atoms with E-state index in [2.05, 4.69) is 0 Å². The van der Waals surface area contributed by atoms with E-state index >= 15 is 0 Å². The van der Waals surface area contributed by atoms with Crippen LogP contribution in [0.5, 0.6) is 5.75 Å². The normalized spacial score (nSPS) is 15.9. The predicted molar refractivity (Wildman–Crippen MR) is 130 cm³/mol. The molecule has 0 atom stereocenters. The van der Waals surface area contributed by atoms with Gasteiger partial charge in [0.15, 0.2) is 11.8 Å². The lowest BCUT2D eigenvalue weighted by atomic mass is 10.2. The third kappa shape index (κ3) is 6.11. The van der Waals surface area contributed by atoms with Crippen LogP contribution in [0.4, 0.5) is 0 Å². The molecule has 4 rings (SSSR count). The monoisotopic (exact) mass is 458 g/mol. The van der Waals surface area contributed by atoms with E-state index in [0.29, 0.717) is 28.9 Å². The number of nitrogens with zero attached hydrogens (tertiary/aromatic N) is 2. The lowest BCUT2D eigenvalue weighted by molar-refractivity contribution is -0.139. The molecule has 166 valence electrons. The van der Waals surface area contributed by atoms with Crippen molar-refractivity contribution in [2.45, 2.75) is 13.1 Å². The van der Waals surface area contributed by atoms with Crippen LogP contribution in [0.2, 0.25) is 0 Å². The topological polar surface area (TPSA) is 79.2 Å². The van der Waals surface area contributed by atoms with Gasteiger partial charge >= 0.3 is 5.97 Å². The van der Waals surface area contributed by atoms with Crippen LogP contribution in [0.3, 0.4) is 0 Å². The van der Waals surface area contributed by atoms with Crippen LogP contribution in [0.15, 0.2) is 94.8 Å². The van der Waals surface area contributed by atoms with Gasteiger partial charge in [0, 0.05) is 0 Å². The van der Waals surface area contributed by atoms with E-state index in [1.54, 1.807) is 29.2 Å². The number of carbonyl (C=O) groups excluding carboxylic acids is 1. The zero-order valence-electron chi connectivity index (χ0n) is 17.8. The summed E-state index contributed by atoms with van der Waals surface area (Å²) in [5, 5.41) is 9.40. The van der Waals surface area contributed by atoms with Crippen molar-refractivity contribution in [2.75, 3.05) is 6.61 Å². The van der Waals surface area contributed by atoms with Crippen molar-refractivity contribution in [3.8, 4) is 5.75 Å². The zero-order valence-corrected chi connectivity index (χ0v) is 18.6. The van der Waals surface area contributed by atoms with E-state index in [-0.39, 0.29) is 5.91 Å². The first-order valence-corrected chi connectivity index (χ1v) is 11.2. The molecule has 1 heterocycles. The summed E-state index contributed by atoms with van der Waals surface area (Å²) in [5.41, 5.74) is 2.92. The first-order chi connectivity index (χ1) is 16.1. The maximum Gasteiger partial charge on any atom is 0.341 e. The van der Waals surface area contributed by atoms with Crippen LogP contribution in [0.25, 0.3) is 6.08 Å². The van der Waals surface area contributed by atoms with Gasteiger partial charge in [0.2, 0.25) is 0 Å². The van der Waals surface area contributed by atoms with Crippen LogP contribution >= 0.6 is 11.8 Å². The largest absolute Gasteiger partial charge is 0.482 e. The number of aliphatic imine (C=N–C) groups is 1. The molecule has 1 N–H and O–H groups in total. The Kier molecular flexibility index (Phi) is 7.22. The van der Waals surface area contributed by atoms with Gasteiger partial charge in [-0.2, -0.15) is 0 Å². The molecule has 33 heavy (non-hydrogen) atoms. The summed E-state index contributed by atoms with van der Waals surface area (Å²) in [5.74, 6) is -0.669. The van der Waals surface area contributed by atoms with Crippen LogP contribution in [0, 0.1) is 0 Å². The number of carboxylic acids is 1. The van der Waals surface area contributed by atoms with Gasteiger partial charge < -0.3 is 9.84 Å². The molecule has 0 spiro atoms. The van der Waals surface area contributed by atoms with E-state index in [1.165, 1.54) is 11.8 Å². The van der Waals surface area contributed by atoms with Gasteiger partial charge in [-0.15, -0.1) is 0 Å². The number of amides is 1. The number of rotatable bonds is 8. The van der Waals surface area contributed by atoms with Gasteiger partial charge in [-0.25, -0.2) is 4.79 Å². The smallest absolute Gasteiger partial charge is 0.341 e. The maximum absolute atomic E-state index is 13.2. The Balaban J connectivity index is 1.56. The van der Waals surface area contributed by atoms with Crippen LogP contribution < -0.4 is 4.74 Å². The summed E-state index contributed by atoms with van der Waals surface area (Å²) < 4.78 is 5.17. The molecule has 0 unspecified atom stereocenters. The molecular formula is C26H22N2O4S. The van der Waals surface area contributed by atoms with Gasteiger partial charge in [0.05, 0.1) is 18.0 Å². The number of aliphatic carboxylic acids is 1.